The maximum Gasteiger partial charge on any atom is 0.260 e. The molecule has 0 aromatic heterocycles. The molecular weight excluding hydrogens is 330 g/mol. The zero-order valence-corrected chi connectivity index (χ0v) is 14.6. The molecule has 6 heteroatoms. The van der Waals surface area contributed by atoms with Gasteiger partial charge in [-0.05, 0) is 24.3 Å². The Balaban J connectivity index is 1.38. The van der Waals surface area contributed by atoms with Gasteiger partial charge in [-0.25, -0.2) is 0 Å². The minimum atomic E-state index is -0.0385. The maximum absolute atomic E-state index is 12.2. The quantitative estimate of drug-likeness (QED) is 0.861. The van der Waals surface area contributed by atoms with Crippen LogP contribution in [-0.4, -0.2) is 60.9 Å². The predicted molar refractivity (Wildman–Crippen MR) is 100 cm³/mol. The highest BCUT2D eigenvalue weighted by Crippen LogP contribution is 2.10. The average molecular weight is 353 g/mol. The molecule has 2 amide bonds. The van der Waals surface area contributed by atoms with Crippen LogP contribution in [-0.2, 0) is 9.59 Å². The third-order valence-corrected chi connectivity index (χ3v) is 4.26. The molecule has 1 fully saturated rings. The summed E-state index contributed by atoms with van der Waals surface area (Å²) in [6.07, 6.45) is 0. The van der Waals surface area contributed by atoms with Gasteiger partial charge in [0, 0.05) is 31.9 Å². The van der Waals surface area contributed by atoms with Gasteiger partial charge in [0.15, 0.2) is 6.61 Å². The van der Waals surface area contributed by atoms with Crippen molar-refractivity contribution in [2.75, 3.05) is 44.6 Å². The topological polar surface area (TPSA) is 61.9 Å². The van der Waals surface area contributed by atoms with E-state index in [2.05, 4.69) is 10.2 Å². The van der Waals surface area contributed by atoms with Gasteiger partial charge in [-0.15, -0.1) is 0 Å². The third kappa shape index (κ3) is 5.32. The zero-order chi connectivity index (χ0) is 18.2. The first kappa shape index (κ1) is 17.9. The summed E-state index contributed by atoms with van der Waals surface area (Å²) in [5.74, 6) is 0.627. The average Bonchev–Trinajstić information content (AvgIpc) is 2.68. The molecule has 0 saturated carbocycles. The summed E-state index contributed by atoms with van der Waals surface area (Å²) in [6, 6.07) is 18.7. The Labute approximate surface area is 153 Å². The zero-order valence-electron chi connectivity index (χ0n) is 14.6. The summed E-state index contributed by atoms with van der Waals surface area (Å²) < 4.78 is 5.51. The van der Waals surface area contributed by atoms with Gasteiger partial charge in [-0.2, -0.15) is 0 Å². The molecule has 136 valence electrons. The summed E-state index contributed by atoms with van der Waals surface area (Å²) in [5, 5.41) is 2.88. The molecule has 1 saturated heterocycles. The molecule has 6 nitrogen and oxygen atoms in total. The van der Waals surface area contributed by atoms with Crippen molar-refractivity contribution in [3.8, 4) is 5.75 Å². The Morgan fingerprint density at radius 2 is 1.50 bits per heavy atom. The molecule has 0 atom stereocenters. The minimum Gasteiger partial charge on any atom is -0.484 e. The Kier molecular flexibility index (Phi) is 6.22. The third-order valence-electron chi connectivity index (χ3n) is 4.26. The Morgan fingerprint density at radius 1 is 0.885 bits per heavy atom. The number of benzene rings is 2. The first-order valence-corrected chi connectivity index (χ1v) is 8.73. The van der Waals surface area contributed by atoms with E-state index in [9.17, 15) is 9.59 Å². The van der Waals surface area contributed by atoms with Gasteiger partial charge in [0.25, 0.3) is 5.91 Å². The lowest BCUT2D eigenvalue weighted by Crippen LogP contribution is -2.51. The van der Waals surface area contributed by atoms with Crippen molar-refractivity contribution in [3.05, 3.63) is 60.7 Å². The van der Waals surface area contributed by atoms with Crippen molar-refractivity contribution in [3.63, 3.8) is 0 Å². The molecule has 0 radical (unpaired) electrons. The van der Waals surface area contributed by atoms with Gasteiger partial charge in [-0.1, -0.05) is 36.4 Å². The van der Waals surface area contributed by atoms with Crippen LogP contribution in [0.25, 0.3) is 0 Å². The van der Waals surface area contributed by atoms with Crippen LogP contribution in [0.1, 0.15) is 0 Å². The van der Waals surface area contributed by atoms with Gasteiger partial charge < -0.3 is 15.0 Å². The number of nitrogens with one attached hydrogen (secondary N) is 1. The summed E-state index contributed by atoms with van der Waals surface area (Å²) in [4.78, 5) is 28.2. The molecule has 0 bridgehead atoms. The van der Waals surface area contributed by atoms with Gasteiger partial charge in [-0.3, -0.25) is 14.5 Å². The molecule has 0 spiro atoms. The second-order valence-electron chi connectivity index (χ2n) is 6.17. The fraction of sp³-hybridized carbons (Fsp3) is 0.300. The number of para-hydroxylation sites is 2. The number of anilines is 1. The summed E-state index contributed by atoms with van der Waals surface area (Å²) in [5.41, 5.74) is 0.796. The van der Waals surface area contributed by atoms with E-state index >= 15 is 0 Å². The number of carbonyl (C=O) groups is 2. The molecule has 1 aliphatic rings. The second kappa shape index (κ2) is 9.01. The van der Waals surface area contributed by atoms with Gasteiger partial charge in [0.05, 0.1) is 6.54 Å². The van der Waals surface area contributed by atoms with Crippen LogP contribution >= 0.6 is 0 Å². The molecule has 2 aromatic carbocycles. The van der Waals surface area contributed by atoms with Crippen molar-refractivity contribution < 1.29 is 14.3 Å². The van der Waals surface area contributed by atoms with E-state index in [0.29, 0.717) is 38.5 Å². The first-order valence-electron chi connectivity index (χ1n) is 8.73. The van der Waals surface area contributed by atoms with E-state index in [4.69, 9.17) is 4.74 Å². The Morgan fingerprint density at radius 3 is 2.15 bits per heavy atom. The second-order valence-corrected chi connectivity index (χ2v) is 6.17. The van der Waals surface area contributed by atoms with E-state index in [1.165, 1.54) is 0 Å². The fourth-order valence-electron chi connectivity index (χ4n) is 2.83. The Bertz CT molecular complexity index is 714. The molecule has 0 aliphatic carbocycles. The van der Waals surface area contributed by atoms with E-state index < -0.39 is 0 Å². The lowest BCUT2D eigenvalue weighted by molar-refractivity contribution is -0.135. The van der Waals surface area contributed by atoms with Gasteiger partial charge >= 0.3 is 0 Å². The van der Waals surface area contributed by atoms with E-state index in [-0.39, 0.29) is 18.4 Å². The Hall–Kier alpha value is -2.86. The lowest BCUT2D eigenvalue weighted by atomic mass is 10.3. The molecule has 26 heavy (non-hydrogen) atoms. The predicted octanol–water partition coefficient (Wildman–Crippen LogP) is 1.85. The lowest BCUT2D eigenvalue weighted by Gasteiger charge is -2.34. The minimum absolute atomic E-state index is 0.0257. The monoisotopic (exact) mass is 353 g/mol. The molecule has 1 N–H and O–H groups in total. The van der Waals surface area contributed by atoms with Crippen molar-refractivity contribution in [2.45, 2.75) is 0 Å². The summed E-state index contributed by atoms with van der Waals surface area (Å²) >= 11 is 0. The van der Waals surface area contributed by atoms with Crippen molar-refractivity contribution in [1.29, 1.82) is 0 Å². The number of ether oxygens (including phenoxy) is 1. The van der Waals surface area contributed by atoms with Crippen LogP contribution in [0, 0.1) is 0 Å². The molecule has 0 unspecified atom stereocenters. The van der Waals surface area contributed by atoms with Crippen LogP contribution < -0.4 is 10.1 Å². The van der Waals surface area contributed by atoms with Crippen molar-refractivity contribution >= 4 is 17.5 Å². The summed E-state index contributed by atoms with van der Waals surface area (Å²) in [7, 11) is 0. The standard InChI is InChI=1S/C20H23N3O3/c24-19(21-17-7-3-1-4-8-17)15-22-11-13-23(14-12-22)20(25)16-26-18-9-5-2-6-10-18/h1-10H,11-16H2,(H,21,24). The van der Waals surface area contributed by atoms with Crippen molar-refractivity contribution in [1.82, 2.24) is 9.80 Å². The van der Waals surface area contributed by atoms with Crippen LogP contribution in [0.2, 0.25) is 0 Å². The van der Waals surface area contributed by atoms with Gasteiger partial charge in [0.2, 0.25) is 5.91 Å². The highest BCUT2D eigenvalue weighted by molar-refractivity contribution is 5.92. The van der Waals surface area contributed by atoms with E-state index in [1.807, 2.05) is 60.7 Å². The molecular formula is C20H23N3O3. The van der Waals surface area contributed by atoms with Crippen molar-refractivity contribution in [2.24, 2.45) is 0 Å². The molecule has 3 rings (SSSR count). The molecule has 2 aromatic rings. The highest BCUT2D eigenvalue weighted by atomic mass is 16.5. The largest absolute Gasteiger partial charge is 0.484 e. The van der Waals surface area contributed by atoms with Crippen LogP contribution in [0.3, 0.4) is 0 Å². The fourth-order valence-corrected chi connectivity index (χ4v) is 2.83. The SMILES string of the molecule is O=C(CN1CCN(C(=O)COc2ccccc2)CC1)Nc1ccccc1. The number of piperazine rings is 1. The molecule has 1 heterocycles. The smallest absolute Gasteiger partial charge is 0.260 e. The highest BCUT2D eigenvalue weighted by Gasteiger charge is 2.22. The van der Waals surface area contributed by atoms with E-state index in [1.54, 1.807) is 4.90 Å². The first-order chi connectivity index (χ1) is 12.7. The van der Waals surface area contributed by atoms with E-state index in [0.717, 1.165) is 5.69 Å². The number of carbonyl (C=O) groups excluding carboxylic acids is 2. The number of hydrogen-bond acceptors (Lipinski definition) is 4. The van der Waals surface area contributed by atoms with Gasteiger partial charge in [0.1, 0.15) is 5.75 Å². The number of nitrogens with zero attached hydrogens (tertiary/aromatic N) is 2. The number of rotatable bonds is 6. The molecule has 1 aliphatic heterocycles. The normalized spacial score (nSPS) is 14.7. The summed E-state index contributed by atoms with van der Waals surface area (Å²) in [6.45, 7) is 2.94. The maximum atomic E-state index is 12.2. The van der Waals surface area contributed by atoms with Crippen LogP contribution in [0.5, 0.6) is 5.75 Å². The number of amides is 2. The number of hydrogen-bond donors (Lipinski definition) is 1. The van der Waals surface area contributed by atoms with Crippen LogP contribution in [0.15, 0.2) is 60.7 Å². The van der Waals surface area contributed by atoms with Crippen LogP contribution in [0.4, 0.5) is 5.69 Å².